The molecule has 0 saturated carbocycles. The van der Waals surface area contributed by atoms with Gasteiger partial charge in [-0.3, -0.25) is 19.2 Å². The maximum atomic E-state index is 11.3. The molecular formula is C14H20O10. The van der Waals surface area contributed by atoms with Gasteiger partial charge in [-0.1, -0.05) is 0 Å². The van der Waals surface area contributed by atoms with Crippen LogP contribution in [0.1, 0.15) is 27.7 Å². The molecule has 0 aliphatic carbocycles. The maximum Gasteiger partial charge on any atom is 0.303 e. The smallest absolute Gasteiger partial charge is 0.303 e. The van der Waals surface area contributed by atoms with Gasteiger partial charge in [-0.25, -0.2) is 0 Å². The van der Waals surface area contributed by atoms with Crippen molar-refractivity contribution in [1.29, 1.82) is 0 Å². The summed E-state index contributed by atoms with van der Waals surface area (Å²) in [7, 11) is 0. The van der Waals surface area contributed by atoms with Crippen molar-refractivity contribution >= 4 is 23.9 Å². The normalized spacial score (nSPS) is 29.3. The third-order valence-corrected chi connectivity index (χ3v) is 2.97. The standard InChI is InChI=1S/C14H20O10/c1-6(15)20-5-10-11(21-7(2)16)12(22-8(3)17)13(14(19)24-10)23-9(4)18/h10-14,19H,5H2,1-4H3/t10?,11?,12-,13-,14+/m0/s1. The number of carbonyl (C=O) groups excluding carboxylic acids is 4. The van der Waals surface area contributed by atoms with Gasteiger partial charge in [0.05, 0.1) is 0 Å². The van der Waals surface area contributed by atoms with Gasteiger partial charge in [0.2, 0.25) is 0 Å². The molecule has 24 heavy (non-hydrogen) atoms. The molecule has 1 saturated heterocycles. The van der Waals surface area contributed by atoms with E-state index in [2.05, 4.69) is 0 Å². The van der Waals surface area contributed by atoms with E-state index in [1.54, 1.807) is 0 Å². The van der Waals surface area contributed by atoms with E-state index in [0.717, 1.165) is 27.7 Å². The topological polar surface area (TPSA) is 135 Å². The van der Waals surface area contributed by atoms with Crippen LogP contribution < -0.4 is 0 Å². The van der Waals surface area contributed by atoms with Gasteiger partial charge in [0.15, 0.2) is 24.6 Å². The molecule has 0 aromatic heterocycles. The Hall–Kier alpha value is -2.20. The Morgan fingerprint density at radius 3 is 1.71 bits per heavy atom. The zero-order chi connectivity index (χ0) is 18.4. The largest absolute Gasteiger partial charge is 0.463 e. The minimum atomic E-state index is -1.68. The van der Waals surface area contributed by atoms with Crippen LogP contribution in [0.4, 0.5) is 0 Å². The van der Waals surface area contributed by atoms with Gasteiger partial charge in [-0.15, -0.1) is 0 Å². The van der Waals surface area contributed by atoms with Crippen LogP contribution in [0.25, 0.3) is 0 Å². The average Bonchev–Trinajstić information content (AvgIpc) is 2.42. The molecule has 10 heteroatoms. The molecule has 0 aromatic carbocycles. The zero-order valence-electron chi connectivity index (χ0n) is 13.7. The second kappa shape index (κ2) is 8.60. The molecule has 1 aliphatic rings. The number of rotatable bonds is 5. The van der Waals surface area contributed by atoms with Gasteiger partial charge < -0.3 is 28.8 Å². The molecule has 1 heterocycles. The SMILES string of the molecule is CC(=O)OCC1O[C@@H](O)[C@@H](OC(C)=O)[C@@H](OC(C)=O)C1OC(C)=O. The fourth-order valence-corrected chi connectivity index (χ4v) is 2.21. The van der Waals surface area contributed by atoms with Crippen LogP contribution in [-0.4, -0.2) is 66.3 Å². The van der Waals surface area contributed by atoms with Crippen molar-refractivity contribution in [2.24, 2.45) is 0 Å². The highest BCUT2D eigenvalue weighted by Crippen LogP contribution is 2.28. The number of aliphatic hydroxyl groups is 1. The van der Waals surface area contributed by atoms with E-state index >= 15 is 0 Å². The van der Waals surface area contributed by atoms with Crippen LogP contribution in [0.5, 0.6) is 0 Å². The first-order chi connectivity index (χ1) is 11.1. The first-order valence-electron chi connectivity index (χ1n) is 7.10. The van der Waals surface area contributed by atoms with Crippen molar-refractivity contribution in [1.82, 2.24) is 0 Å². The molecule has 0 radical (unpaired) electrons. The van der Waals surface area contributed by atoms with Gasteiger partial charge in [-0.2, -0.15) is 0 Å². The monoisotopic (exact) mass is 348 g/mol. The van der Waals surface area contributed by atoms with E-state index in [9.17, 15) is 24.3 Å². The van der Waals surface area contributed by atoms with E-state index in [0.29, 0.717) is 0 Å². The second-order valence-electron chi connectivity index (χ2n) is 5.09. The molecule has 0 aromatic rings. The maximum absolute atomic E-state index is 11.3. The summed E-state index contributed by atoms with van der Waals surface area (Å²) in [6.07, 6.45) is -6.79. The molecule has 136 valence electrons. The van der Waals surface area contributed by atoms with Crippen molar-refractivity contribution in [3.8, 4) is 0 Å². The highest BCUT2D eigenvalue weighted by atomic mass is 16.7. The van der Waals surface area contributed by atoms with Crippen LogP contribution in [0.15, 0.2) is 0 Å². The first-order valence-corrected chi connectivity index (χ1v) is 7.10. The van der Waals surface area contributed by atoms with Crippen LogP contribution >= 0.6 is 0 Å². The molecule has 0 bridgehead atoms. The summed E-state index contributed by atoms with van der Waals surface area (Å²) in [6.45, 7) is 4.09. The summed E-state index contributed by atoms with van der Waals surface area (Å²) in [4.78, 5) is 44.9. The molecule has 10 nitrogen and oxygen atoms in total. The Morgan fingerprint density at radius 1 is 0.792 bits per heavy atom. The molecule has 1 N–H and O–H groups in total. The number of aliphatic hydroxyl groups excluding tert-OH is 1. The molecule has 1 rings (SSSR count). The van der Waals surface area contributed by atoms with Gasteiger partial charge in [0, 0.05) is 27.7 Å². The summed E-state index contributed by atoms with van der Waals surface area (Å²) in [6, 6.07) is 0. The van der Waals surface area contributed by atoms with Crippen molar-refractivity contribution in [2.45, 2.75) is 58.4 Å². The molecular weight excluding hydrogens is 328 g/mol. The molecule has 1 aliphatic heterocycles. The highest BCUT2D eigenvalue weighted by molar-refractivity contribution is 5.68. The third kappa shape index (κ3) is 5.78. The van der Waals surface area contributed by atoms with Crippen LogP contribution in [0.3, 0.4) is 0 Å². The van der Waals surface area contributed by atoms with Crippen LogP contribution in [0.2, 0.25) is 0 Å². The van der Waals surface area contributed by atoms with Crippen LogP contribution in [0, 0.1) is 0 Å². The second-order valence-corrected chi connectivity index (χ2v) is 5.09. The lowest BCUT2D eigenvalue weighted by Crippen LogP contribution is -2.62. The lowest BCUT2D eigenvalue weighted by molar-refractivity contribution is -0.296. The Kier molecular flexibility index (Phi) is 7.11. The van der Waals surface area contributed by atoms with Crippen molar-refractivity contribution in [3.05, 3.63) is 0 Å². The highest BCUT2D eigenvalue weighted by Gasteiger charge is 2.51. The molecule has 0 spiro atoms. The van der Waals surface area contributed by atoms with E-state index in [1.165, 1.54) is 0 Å². The fourth-order valence-electron chi connectivity index (χ4n) is 2.21. The molecule has 5 atom stereocenters. The third-order valence-electron chi connectivity index (χ3n) is 2.97. The summed E-state index contributed by atoms with van der Waals surface area (Å²) in [5.74, 6) is -2.87. The number of esters is 4. The van der Waals surface area contributed by atoms with Crippen molar-refractivity contribution in [3.63, 3.8) is 0 Å². The minimum absolute atomic E-state index is 0.366. The summed E-state index contributed by atoms with van der Waals surface area (Å²) in [5, 5.41) is 10.0. The lowest BCUT2D eigenvalue weighted by Gasteiger charge is -2.42. The predicted molar refractivity (Wildman–Crippen MR) is 74.2 cm³/mol. The Labute approximate surface area is 137 Å². The zero-order valence-corrected chi connectivity index (χ0v) is 13.7. The number of hydrogen-bond acceptors (Lipinski definition) is 10. The summed E-state index contributed by atoms with van der Waals surface area (Å²) >= 11 is 0. The number of hydrogen-bond donors (Lipinski definition) is 1. The van der Waals surface area contributed by atoms with Gasteiger partial charge in [0.1, 0.15) is 12.7 Å². The van der Waals surface area contributed by atoms with Crippen molar-refractivity contribution < 1.29 is 48.0 Å². The Morgan fingerprint density at radius 2 is 1.25 bits per heavy atom. The van der Waals surface area contributed by atoms with E-state index in [4.69, 9.17) is 23.7 Å². The van der Waals surface area contributed by atoms with Crippen molar-refractivity contribution in [2.75, 3.05) is 6.61 Å². The Bertz CT molecular complexity index is 502. The quantitative estimate of drug-likeness (QED) is 0.490. The summed E-state index contributed by atoms with van der Waals surface area (Å²) < 4.78 is 25.0. The van der Waals surface area contributed by atoms with E-state index in [-0.39, 0.29) is 6.61 Å². The van der Waals surface area contributed by atoms with Crippen LogP contribution in [-0.2, 0) is 42.9 Å². The molecule has 0 amide bonds. The Balaban J connectivity index is 3.11. The predicted octanol–water partition coefficient (Wildman–Crippen LogP) is -0.938. The summed E-state index contributed by atoms with van der Waals surface area (Å²) in [5.41, 5.74) is 0. The van der Waals surface area contributed by atoms with E-state index < -0.39 is 54.6 Å². The van der Waals surface area contributed by atoms with E-state index in [1.807, 2.05) is 0 Å². The number of carbonyl (C=O) groups is 4. The average molecular weight is 348 g/mol. The minimum Gasteiger partial charge on any atom is -0.463 e. The van der Waals surface area contributed by atoms with Gasteiger partial charge in [0.25, 0.3) is 0 Å². The van der Waals surface area contributed by atoms with Gasteiger partial charge >= 0.3 is 23.9 Å². The number of ether oxygens (including phenoxy) is 5. The molecule has 2 unspecified atom stereocenters. The van der Waals surface area contributed by atoms with Gasteiger partial charge in [-0.05, 0) is 0 Å². The molecule has 1 fully saturated rings. The fraction of sp³-hybridized carbons (Fsp3) is 0.714. The first kappa shape index (κ1) is 19.8. The lowest BCUT2D eigenvalue weighted by atomic mass is 9.98.